The molecule has 0 aliphatic carbocycles. The second-order valence-electron chi connectivity index (χ2n) is 4.94. The van der Waals surface area contributed by atoms with Crippen molar-refractivity contribution in [2.24, 2.45) is 11.7 Å². The molecule has 0 saturated carbocycles. The summed E-state index contributed by atoms with van der Waals surface area (Å²) in [6.07, 6.45) is 0. The van der Waals surface area contributed by atoms with Gasteiger partial charge in [0.25, 0.3) is 0 Å². The molecule has 1 aromatic carbocycles. The van der Waals surface area contributed by atoms with Crippen molar-refractivity contribution in [3.8, 4) is 6.07 Å². The first-order valence-electron chi connectivity index (χ1n) is 6.46. The minimum Gasteiger partial charge on any atom is -0.340 e. The summed E-state index contributed by atoms with van der Waals surface area (Å²) >= 11 is 0. The van der Waals surface area contributed by atoms with Crippen LogP contribution in [0.3, 0.4) is 0 Å². The smallest absolute Gasteiger partial charge is 0.247 e. The topological polar surface area (TPSA) is 70.1 Å². The lowest BCUT2D eigenvalue weighted by atomic mass is 9.91. The highest BCUT2D eigenvalue weighted by atomic mass is 16.2. The third-order valence-corrected chi connectivity index (χ3v) is 3.20. The Bertz CT molecular complexity index is 462. The normalized spacial score (nSPS) is 15.1. The monoisotopic (exact) mass is 259 g/mol. The number of hydrogen-bond acceptors (Lipinski definition) is 3. The van der Waals surface area contributed by atoms with E-state index in [4.69, 9.17) is 11.0 Å². The van der Waals surface area contributed by atoms with Crippen LogP contribution in [0.5, 0.6) is 0 Å². The van der Waals surface area contributed by atoms with Crippen LogP contribution in [0.2, 0.25) is 0 Å². The number of amides is 1. The SMILES string of the molecule is CCN(CC(C)C#N)C(=O)C(C)(N)c1ccccc1. The molecule has 0 heterocycles. The summed E-state index contributed by atoms with van der Waals surface area (Å²) in [7, 11) is 0. The van der Waals surface area contributed by atoms with Gasteiger partial charge in [0, 0.05) is 13.1 Å². The molecule has 0 fully saturated rings. The fraction of sp³-hybridized carbons (Fsp3) is 0.467. The van der Waals surface area contributed by atoms with Crippen LogP contribution in [-0.2, 0) is 10.3 Å². The summed E-state index contributed by atoms with van der Waals surface area (Å²) in [5, 5.41) is 8.86. The molecule has 0 spiro atoms. The minimum atomic E-state index is -1.06. The number of benzene rings is 1. The van der Waals surface area contributed by atoms with Crippen LogP contribution in [0.4, 0.5) is 0 Å². The highest BCUT2D eigenvalue weighted by Crippen LogP contribution is 2.20. The van der Waals surface area contributed by atoms with Crippen molar-refractivity contribution in [3.63, 3.8) is 0 Å². The van der Waals surface area contributed by atoms with Crippen molar-refractivity contribution in [2.75, 3.05) is 13.1 Å². The molecule has 2 N–H and O–H groups in total. The predicted molar refractivity (Wildman–Crippen MR) is 75.0 cm³/mol. The average molecular weight is 259 g/mol. The van der Waals surface area contributed by atoms with E-state index in [1.165, 1.54) is 0 Å². The number of carbonyl (C=O) groups excluding carboxylic acids is 1. The van der Waals surface area contributed by atoms with Gasteiger partial charge in [0.15, 0.2) is 0 Å². The summed E-state index contributed by atoms with van der Waals surface area (Å²) in [5.41, 5.74) is 5.92. The molecule has 0 aliphatic rings. The molecule has 2 unspecified atom stereocenters. The molecule has 0 bridgehead atoms. The maximum absolute atomic E-state index is 12.5. The van der Waals surface area contributed by atoms with Crippen LogP contribution in [0.15, 0.2) is 30.3 Å². The Hall–Kier alpha value is -1.86. The van der Waals surface area contributed by atoms with Gasteiger partial charge in [-0.3, -0.25) is 4.79 Å². The van der Waals surface area contributed by atoms with E-state index in [2.05, 4.69) is 6.07 Å². The summed E-state index contributed by atoms with van der Waals surface area (Å²) in [6.45, 7) is 6.36. The fourth-order valence-corrected chi connectivity index (χ4v) is 1.96. The van der Waals surface area contributed by atoms with Gasteiger partial charge in [-0.1, -0.05) is 30.3 Å². The molecule has 19 heavy (non-hydrogen) atoms. The quantitative estimate of drug-likeness (QED) is 0.877. The molecule has 1 rings (SSSR count). The minimum absolute atomic E-state index is 0.150. The second-order valence-corrected chi connectivity index (χ2v) is 4.94. The third-order valence-electron chi connectivity index (χ3n) is 3.20. The van der Waals surface area contributed by atoms with Gasteiger partial charge in [0.05, 0.1) is 12.0 Å². The van der Waals surface area contributed by atoms with Crippen molar-refractivity contribution in [2.45, 2.75) is 26.3 Å². The molecular formula is C15H21N3O. The Balaban J connectivity index is 2.94. The Morgan fingerprint density at radius 3 is 2.53 bits per heavy atom. The predicted octanol–water partition coefficient (Wildman–Crippen LogP) is 1.87. The average Bonchev–Trinajstić information content (AvgIpc) is 2.44. The van der Waals surface area contributed by atoms with E-state index in [1.807, 2.05) is 37.3 Å². The highest BCUT2D eigenvalue weighted by molar-refractivity contribution is 5.87. The van der Waals surface area contributed by atoms with Gasteiger partial charge in [0.2, 0.25) is 5.91 Å². The van der Waals surface area contributed by atoms with Crippen LogP contribution >= 0.6 is 0 Å². The molecule has 1 amide bonds. The fourth-order valence-electron chi connectivity index (χ4n) is 1.96. The number of carbonyl (C=O) groups is 1. The molecule has 0 aliphatic heterocycles. The van der Waals surface area contributed by atoms with Crippen molar-refractivity contribution in [1.82, 2.24) is 4.90 Å². The van der Waals surface area contributed by atoms with Gasteiger partial charge in [-0.2, -0.15) is 5.26 Å². The lowest BCUT2D eigenvalue weighted by molar-refractivity contribution is -0.136. The van der Waals surface area contributed by atoms with E-state index in [-0.39, 0.29) is 11.8 Å². The first-order valence-corrected chi connectivity index (χ1v) is 6.46. The van der Waals surface area contributed by atoms with E-state index >= 15 is 0 Å². The number of hydrogen-bond donors (Lipinski definition) is 1. The van der Waals surface area contributed by atoms with Crippen LogP contribution in [0, 0.1) is 17.2 Å². The van der Waals surface area contributed by atoms with Crippen molar-refractivity contribution in [3.05, 3.63) is 35.9 Å². The van der Waals surface area contributed by atoms with Gasteiger partial charge in [-0.15, -0.1) is 0 Å². The van der Waals surface area contributed by atoms with E-state index in [0.717, 1.165) is 5.56 Å². The molecule has 0 saturated heterocycles. The third kappa shape index (κ3) is 3.55. The molecule has 0 radical (unpaired) electrons. The zero-order valence-electron chi connectivity index (χ0n) is 11.8. The Morgan fingerprint density at radius 1 is 1.47 bits per heavy atom. The standard InChI is InChI=1S/C15H21N3O/c1-4-18(11-12(2)10-16)14(19)15(3,17)13-8-6-5-7-9-13/h5-9,12H,4,11,17H2,1-3H3. The Labute approximate surface area is 114 Å². The largest absolute Gasteiger partial charge is 0.340 e. The maximum Gasteiger partial charge on any atom is 0.247 e. The van der Waals surface area contributed by atoms with Crippen LogP contribution in [0.25, 0.3) is 0 Å². The molecule has 4 nitrogen and oxygen atoms in total. The van der Waals surface area contributed by atoms with Gasteiger partial charge in [0.1, 0.15) is 5.54 Å². The lowest BCUT2D eigenvalue weighted by Crippen LogP contribution is -2.51. The molecule has 2 atom stereocenters. The summed E-state index contributed by atoms with van der Waals surface area (Å²) < 4.78 is 0. The number of nitrogens with two attached hydrogens (primary N) is 1. The maximum atomic E-state index is 12.5. The number of likely N-dealkylation sites (N-methyl/N-ethyl adjacent to an activating group) is 1. The van der Waals surface area contributed by atoms with Crippen molar-refractivity contribution >= 4 is 5.91 Å². The van der Waals surface area contributed by atoms with Crippen LogP contribution < -0.4 is 5.73 Å². The second kappa shape index (κ2) is 6.35. The zero-order chi connectivity index (χ0) is 14.5. The van der Waals surface area contributed by atoms with E-state index < -0.39 is 5.54 Å². The van der Waals surface area contributed by atoms with E-state index in [9.17, 15) is 4.79 Å². The first kappa shape index (κ1) is 15.2. The molecule has 4 heteroatoms. The number of nitrogens with zero attached hydrogens (tertiary/aromatic N) is 2. The zero-order valence-corrected chi connectivity index (χ0v) is 11.8. The number of nitriles is 1. The van der Waals surface area contributed by atoms with Gasteiger partial charge in [-0.05, 0) is 26.3 Å². The van der Waals surface area contributed by atoms with Gasteiger partial charge < -0.3 is 10.6 Å². The summed E-state index contributed by atoms with van der Waals surface area (Å²) in [6, 6.07) is 11.4. The van der Waals surface area contributed by atoms with Crippen molar-refractivity contribution < 1.29 is 4.79 Å². The molecule has 0 aromatic heterocycles. The summed E-state index contributed by atoms with van der Waals surface area (Å²) in [4.78, 5) is 14.2. The van der Waals surface area contributed by atoms with Crippen LogP contribution in [0.1, 0.15) is 26.3 Å². The van der Waals surface area contributed by atoms with E-state index in [0.29, 0.717) is 13.1 Å². The first-order chi connectivity index (χ1) is 8.93. The lowest BCUT2D eigenvalue weighted by Gasteiger charge is -2.32. The summed E-state index contributed by atoms with van der Waals surface area (Å²) in [5.74, 6) is -0.348. The Kier molecular flexibility index (Phi) is 5.08. The highest BCUT2D eigenvalue weighted by Gasteiger charge is 2.34. The van der Waals surface area contributed by atoms with Gasteiger partial charge in [-0.25, -0.2) is 0 Å². The van der Waals surface area contributed by atoms with Gasteiger partial charge >= 0.3 is 0 Å². The number of rotatable bonds is 5. The van der Waals surface area contributed by atoms with Crippen LogP contribution in [-0.4, -0.2) is 23.9 Å². The molecule has 102 valence electrons. The Morgan fingerprint density at radius 2 is 2.05 bits per heavy atom. The van der Waals surface area contributed by atoms with Crippen molar-refractivity contribution in [1.29, 1.82) is 5.26 Å². The molecule has 1 aromatic rings. The molecular weight excluding hydrogens is 238 g/mol. The van der Waals surface area contributed by atoms with E-state index in [1.54, 1.807) is 18.7 Å².